The number of nitrogens with zero attached hydrogens (tertiary/aromatic N) is 2. The van der Waals surface area contributed by atoms with Gasteiger partial charge in [-0.2, -0.15) is 0 Å². The molecule has 1 aliphatic rings. The monoisotopic (exact) mass is 253 g/mol. The number of H-pyrrole nitrogens is 1. The van der Waals surface area contributed by atoms with Crippen LogP contribution in [0.4, 0.5) is 4.39 Å². The van der Waals surface area contributed by atoms with E-state index in [0.29, 0.717) is 18.0 Å². The number of morpholine rings is 1. The number of hydrogen-bond acceptors (Lipinski definition) is 3. The van der Waals surface area contributed by atoms with Gasteiger partial charge in [-0.05, 0) is 24.4 Å². The molecule has 17 heavy (non-hydrogen) atoms. The highest BCUT2D eigenvalue weighted by Crippen LogP contribution is 2.16. The number of aromatic nitrogens is 2. The fraction of sp³-hybridized carbons (Fsp3) is 0.364. The van der Waals surface area contributed by atoms with Crippen molar-refractivity contribution in [2.75, 3.05) is 31.3 Å². The van der Waals surface area contributed by atoms with Crippen LogP contribution in [0.3, 0.4) is 0 Å². The summed E-state index contributed by atoms with van der Waals surface area (Å²) in [6, 6.07) is 4.63. The van der Waals surface area contributed by atoms with Crippen molar-refractivity contribution in [3.8, 4) is 0 Å². The Labute approximate surface area is 103 Å². The summed E-state index contributed by atoms with van der Waals surface area (Å²) in [5, 5.41) is 2.07. The summed E-state index contributed by atoms with van der Waals surface area (Å²) in [6.07, 6.45) is 0. The molecule has 2 aromatic rings. The highest BCUT2D eigenvalue weighted by atomic mass is 32.1. The Morgan fingerprint density at radius 1 is 1.29 bits per heavy atom. The molecule has 2 heterocycles. The van der Waals surface area contributed by atoms with E-state index >= 15 is 0 Å². The number of hydrogen-bond donors (Lipinski definition) is 1. The first-order valence-corrected chi connectivity index (χ1v) is 5.90. The average molecular weight is 253 g/mol. The van der Waals surface area contributed by atoms with Gasteiger partial charge >= 0.3 is 0 Å². The third kappa shape index (κ3) is 1.83. The minimum Gasteiger partial charge on any atom is -0.378 e. The van der Waals surface area contributed by atoms with Gasteiger partial charge in [-0.25, -0.2) is 9.07 Å². The standard InChI is InChI=1S/C11H12FN3OS/c12-8-1-2-9-10(7-8)15(11(17)13-9)14-3-5-16-6-4-14/h1-2,7H,3-6H2,(H,13,17). The van der Waals surface area contributed by atoms with E-state index in [1.54, 1.807) is 6.07 Å². The summed E-state index contributed by atoms with van der Waals surface area (Å²) in [5.74, 6) is -0.256. The zero-order valence-electron chi connectivity index (χ0n) is 9.15. The fourth-order valence-corrected chi connectivity index (χ4v) is 2.42. The summed E-state index contributed by atoms with van der Waals surface area (Å²) in [6.45, 7) is 2.86. The van der Waals surface area contributed by atoms with E-state index in [4.69, 9.17) is 17.0 Å². The number of halogens is 1. The molecule has 0 saturated carbocycles. The molecule has 90 valence electrons. The van der Waals surface area contributed by atoms with Crippen LogP contribution in [-0.2, 0) is 4.74 Å². The minimum atomic E-state index is -0.256. The summed E-state index contributed by atoms with van der Waals surface area (Å²) < 4.78 is 21.0. The van der Waals surface area contributed by atoms with Gasteiger partial charge in [-0.1, -0.05) is 0 Å². The van der Waals surface area contributed by atoms with Crippen LogP contribution >= 0.6 is 12.2 Å². The molecule has 0 amide bonds. The van der Waals surface area contributed by atoms with Gasteiger partial charge in [-0.3, -0.25) is 0 Å². The molecule has 4 nitrogen and oxygen atoms in total. The first kappa shape index (κ1) is 10.7. The molecular weight excluding hydrogens is 241 g/mol. The highest BCUT2D eigenvalue weighted by molar-refractivity contribution is 7.71. The van der Waals surface area contributed by atoms with E-state index in [9.17, 15) is 4.39 Å². The lowest BCUT2D eigenvalue weighted by Gasteiger charge is -2.29. The van der Waals surface area contributed by atoms with Crippen LogP contribution in [0.25, 0.3) is 11.0 Å². The van der Waals surface area contributed by atoms with Gasteiger partial charge in [0.2, 0.25) is 0 Å². The Morgan fingerprint density at radius 2 is 2.06 bits per heavy atom. The van der Waals surface area contributed by atoms with Crippen LogP contribution in [-0.4, -0.2) is 36.0 Å². The first-order valence-electron chi connectivity index (χ1n) is 5.49. The fourth-order valence-electron chi connectivity index (χ4n) is 2.10. The summed E-state index contributed by atoms with van der Waals surface area (Å²) in [4.78, 5) is 3.08. The van der Waals surface area contributed by atoms with E-state index in [0.717, 1.165) is 24.1 Å². The maximum atomic E-state index is 13.3. The summed E-state index contributed by atoms with van der Waals surface area (Å²) in [7, 11) is 0. The number of fused-ring (bicyclic) bond motifs is 1. The molecule has 1 saturated heterocycles. The second-order valence-electron chi connectivity index (χ2n) is 3.97. The predicted octanol–water partition coefficient (Wildman–Crippen LogP) is 1.81. The molecule has 1 aromatic heterocycles. The van der Waals surface area contributed by atoms with Crippen molar-refractivity contribution in [3.05, 3.63) is 28.8 Å². The van der Waals surface area contributed by atoms with Gasteiger partial charge in [0.25, 0.3) is 0 Å². The minimum absolute atomic E-state index is 0.256. The third-order valence-corrected chi connectivity index (χ3v) is 3.17. The number of aromatic amines is 1. The number of rotatable bonds is 1. The lowest BCUT2D eigenvalue weighted by molar-refractivity contribution is 0.111. The molecule has 3 rings (SSSR count). The topological polar surface area (TPSA) is 33.2 Å². The number of imidazole rings is 1. The first-order chi connectivity index (χ1) is 8.25. The number of benzene rings is 1. The lowest BCUT2D eigenvalue weighted by Crippen LogP contribution is -2.43. The molecule has 0 bridgehead atoms. The molecule has 1 aliphatic heterocycles. The Bertz CT molecular complexity index is 600. The van der Waals surface area contributed by atoms with Gasteiger partial charge in [0, 0.05) is 6.07 Å². The van der Waals surface area contributed by atoms with Crippen molar-refractivity contribution < 1.29 is 9.13 Å². The van der Waals surface area contributed by atoms with E-state index in [1.165, 1.54) is 12.1 Å². The molecule has 1 N–H and O–H groups in total. The molecule has 0 radical (unpaired) electrons. The Balaban J connectivity index is 2.16. The van der Waals surface area contributed by atoms with E-state index in [-0.39, 0.29) is 5.82 Å². The zero-order chi connectivity index (χ0) is 11.8. The normalized spacial score (nSPS) is 16.6. The van der Waals surface area contributed by atoms with E-state index in [2.05, 4.69) is 9.99 Å². The molecule has 0 atom stereocenters. The Kier molecular flexibility index (Phi) is 2.60. The van der Waals surface area contributed by atoms with Crippen molar-refractivity contribution in [2.45, 2.75) is 0 Å². The SMILES string of the molecule is Fc1ccc2[nH]c(=S)n(N3CCOCC3)c2c1. The van der Waals surface area contributed by atoms with Crippen LogP contribution in [0, 0.1) is 10.6 Å². The molecule has 0 spiro atoms. The Hall–Kier alpha value is -1.40. The predicted molar refractivity (Wildman–Crippen MR) is 65.9 cm³/mol. The quantitative estimate of drug-likeness (QED) is 0.787. The smallest absolute Gasteiger partial charge is 0.197 e. The van der Waals surface area contributed by atoms with Crippen LogP contribution in [0.1, 0.15) is 0 Å². The van der Waals surface area contributed by atoms with E-state index < -0.39 is 0 Å². The van der Waals surface area contributed by atoms with Crippen LogP contribution in [0.5, 0.6) is 0 Å². The second kappa shape index (κ2) is 4.12. The third-order valence-electron chi connectivity index (χ3n) is 2.89. The molecular formula is C11H12FN3OS. The van der Waals surface area contributed by atoms with Crippen LogP contribution < -0.4 is 5.01 Å². The molecule has 0 unspecified atom stereocenters. The summed E-state index contributed by atoms with van der Waals surface area (Å²) >= 11 is 5.28. The molecule has 0 aliphatic carbocycles. The van der Waals surface area contributed by atoms with Crippen LogP contribution in [0.15, 0.2) is 18.2 Å². The second-order valence-corrected chi connectivity index (χ2v) is 4.36. The average Bonchev–Trinajstić information content (AvgIpc) is 2.65. The number of ether oxygens (including phenoxy) is 1. The molecule has 1 fully saturated rings. The van der Waals surface area contributed by atoms with Gasteiger partial charge in [0.15, 0.2) is 4.77 Å². The van der Waals surface area contributed by atoms with Crippen LogP contribution in [0.2, 0.25) is 0 Å². The van der Waals surface area contributed by atoms with Gasteiger partial charge in [-0.15, -0.1) is 0 Å². The van der Waals surface area contributed by atoms with Crippen molar-refractivity contribution in [2.24, 2.45) is 0 Å². The zero-order valence-corrected chi connectivity index (χ0v) is 9.97. The van der Waals surface area contributed by atoms with Crippen molar-refractivity contribution in [3.63, 3.8) is 0 Å². The van der Waals surface area contributed by atoms with Gasteiger partial charge < -0.3 is 14.7 Å². The van der Waals surface area contributed by atoms with E-state index in [1.807, 2.05) is 4.68 Å². The van der Waals surface area contributed by atoms with Crippen molar-refractivity contribution in [1.29, 1.82) is 0 Å². The largest absolute Gasteiger partial charge is 0.378 e. The van der Waals surface area contributed by atoms with Gasteiger partial charge in [0.1, 0.15) is 5.82 Å². The summed E-state index contributed by atoms with van der Waals surface area (Å²) in [5.41, 5.74) is 1.62. The van der Waals surface area contributed by atoms with Crippen molar-refractivity contribution in [1.82, 2.24) is 9.66 Å². The maximum absolute atomic E-state index is 13.3. The highest BCUT2D eigenvalue weighted by Gasteiger charge is 2.15. The molecule has 1 aromatic carbocycles. The lowest BCUT2D eigenvalue weighted by atomic mass is 10.3. The molecule has 6 heteroatoms. The number of nitrogens with one attached hydrogen (secondary N) is 1. The Morgan fingerprint density at radius 3 is 2.82 bits per heavy atom. The van der Waals surface area contributed by atoms with Gasteiger partial charge in [0.05, 0.1) is 37.3 Å². The van der Waals surface area contributed by atoms with Crippen molar-refractivity contribution >= 4 is 23.3 Å². The maximum Gasteiger partial charge on any atom is 0.197 e.